The molecule has 0 spiro atoms. The molecule has 0 unspecified atom stereocenters. The first-order valence-corrected chi connectivity index (χ1v) is 3.08. The van der Waals surface area contributed by atoms with Crippen LogP contribution in [0.3, 0.4) is 0 Å². The number of imidazole rings is 1. The van der Waals surface area contributed by atoms with E-state index in [1.54, 1.807) is 18.6 Å². The third kappa shape index (κ3) is 0.880. The average molecular weight is 134 g/mol. The van der Waals surface area contributed by atoms with Crippen molar-refractivity contribution in [1.82, 2.24) is 9.55 Å². The lowest BCUT2D eigenvalue weighted by Crippen LogP contribution is -1.85. The van der Waals surface area contributed by atoms with Gasteiger partial charge in [-0.2, -0.15) is 0 Å². The van der Waals surface area contributed by atoms with E-state index in [1.807, 2.05) is 11.5 Å². The van der Waals surface area contributed by atoms with Crippen molar-refractivity contribution in [2.75, 3.05) is 0 Å². The van der Waals surface area contributed by atoms with Crippen molar-refractivity contribution < 1.29 is 0 Å². The molecule has 52 valence electrons. The van der Waals surface area contributed by atoms with E-state index in [0.717, 1.165) is 11.4 Å². The van der Waals surface area contributed by atoms with Crippen molar-refractivity contribution in [2.45, 2.75) is 6.92 Å². The second kappa shape index (κ2) is 2.52. The molecule has 2 heteroatoms. The lowest BCUT2D eigenvalue weighted by atomic mass is 10.3. The van der Waals surface area contributed by atoms with E-state index in [2.05, 4.69) is 18.1 Å². The summed E-state index contributed by atoms with van der Waals surface area (Å²) in [6, 6.07) is 0. The van der Waals surface area contributed by atoms with Crippen molar-refractivity contribution in [1.29, 1.82) is 0 Å². The van der Waals surface area contributed by atoms with Gasteiger partial charge in [0.25, 0.3) is 0 Å². The largest absolute Gasteiger partial charge is 0.307 e. The van der Waals surface area contributed by atoms with Gasteiger partial charge in [0.15, 0.2) is 0 Å². The summed E-state index contributed by atoms with van der Waals surface area (Å²) in [5, 5.41) is 0. The first-order chi connectivity index (χ1) is 4.79. The zero-order valence-corrected chi connectivity index (χ0v) is 6.04. The molecule has 0 saturated heterocycles. The number of hydrogen-bond acceptors (Lipinski definition) is 1. The molecule has 0 aliphatic heterocycles. The normalized spacial score (nSPS) is 9.30. The summed E-state index contributed by atoms with van der Waals surface area (Å²) in [6.07, 6.45) is 5.19. The van der Waals surface area contributed by atoms with Gasteiger partial charge in [0.1, 0.15) is 0 Å². The predicted molar refractivity (Wildman–Crippen MR) is 43.4 cm³/mol. The van der Waals surface area contributed by atoms with Gasteiger partial charge in [-0.15, -0.1) is 0 Å². The summed E-state index contributed by atoms with van der Waals surface area (Å²) < 4.78 is 1.84. The molecular formula is C8H10N2. The Bertz CT molecular complexity index is 258. The number of aromatic nitrogens is 2. The molecule has 0 aliphatic carbocycles. The highest BCUT2D eigenvalue weighted by atomic mass is 15.0. The highest BCUT2D eigenvalue weighted by Gasteiger charge is 1.98. The Labute approximate surface area is 60.5 Å². The number of rotatable bonds is 2. The molecule has 1 aromatic heterocycles. The summed E-state index contributed by atoms with van der Waals surface area (Å²) in [4.78, 5) is 4.08. The molecular weight excluding hydrogens is 124 g/mol. The smallest absolute Gasteiger partial charge is 0.0995 e. The molecule has 0 radical (unpaired) electrons. The average Bonchev–Trinajstić information content (AvgIpc) is 2.30. The van der Waals surface area contributed by atoms with Gasteiger partial charge in [-0.1, -0.05) is 13.2 Å². The predicted octanol–water partition coefficient (Wildman–Crippen LogP) is 1.94. The van der Waals surface area contributed by atoms with Gasteiger partial charge < -0.3 is 4.57 Å². The molecule has 2 nitrogen and oxygen atoms in total. The molecule has 1 aromatic rings. The molecule has 1 heterocycles. The van der Waals surface area contributed by atoms with Gasteiger partial charge >= 0.3 is 0 Å². The fraction of sp³-hybridized carbons (Fsp3) is 0.125. The lowest BCUT2D eigenvalue weighted by Gasteiger charge is -1.94. The Kier molecular flexibility index (Phi) is 1.71. The van der Waals surface area contributed by atoms with Gasteiger partial charge in [0.05, 0.1) is 17.7 Å². The SMILES string of the molecule is C=Cc1c(C)ncn1C=C. The van der Waals surface area contributed by atoms with E-state index in [1.165, 1.54) is 0 Å². The quantitative estimate of drug-likeness (QED) is 0.604. The summed E-state index contributed by atoms with van der Waals surface area (Å²) in [5.41, 5.74) is 1.99. The van der Waals surface area contributed by atoms with E-state index < -0.39 is 0 Å². The monoisotopic (exact) mass is 134 g/mol. The minimum atomic E-state index is 0.981. The maximum atomic E-state index is 4.08. The van der Waals surface area contributed by atoms with Crippen LogP contribution in [-0.2, 0) is 0 Å². The molecule has 0 aliphatic rings. The molecule has 0 amide bonds. The second-order valence-electron chi connectivity index (χ2n) is 2.01. The summed E-state index contributed by atoms with van der Waals surface area (Å²) >= 11 is 0. The zero-order valence-electron chi connectivity index (χ0n) is 6.04. The van der Waals surface area contributed by atoms with Crippen LogP contribution >= 0.6 is 0 Å². The highest BCUT2D eigenvalue weighted by Crippen LogP contribution is 2.06. The van der Waals surface area contributed by atoms with Crippen molar-refractivity contribution >= 4 is 12.3 Å². The van der Waals surface area contributed by atoms with Gasteiger partial charge in [0, 0.05) is 6.20 Å². The van der Waals surface area contributed by atoms with Crippen LogP contribution < -0.4 is 0 Å². The molecule has 1 rings (SSSR count). The van der Waals surface area contributed by atoms with Crippen molar-refractivity contribution in [3.63, 3.8) is 0 Å². The van der Waals surface area contributed by atoms with Crippen LogP contribution in [-0.4, -0.2) is 9.55 Å². The van der Waals surface area contributed by atoms with E-state index in [9.17, 15) is 0 Å². The Morgan fingerprint density at radius 2 is 2.30 bits per heavy atom. The van der Waals surface area contributed by atoms with Crippen LogP contribution in [0.4, 0.5) is 0 Å². The topological polar surface area (TPSA) is 17.8 Å². The van der Waals surface area contributed by atoms with Crippen LogP contribution in [0.2, 0.25) is 0 Å². The maximum Gasteiger partial charge on any atom is 0.0995 e. The van der Waals surface area contributed by atoms with E-state index in [0.29, 0.717) is 0 Å². The Balaban J connectivity index is 3.25. The first kappa shape index (κ1) is 6.81. The summed E-state index contributed by atoms with van der Waals surface area (Å²) in [6.45, 7) is 9.23. The first-order valence-electron chi connectivity index (χ1n) is 3.08. The summed E-state index contributed by atoms with van der Waals surface area (Å²) in [5.74, 6) is 0. The van der Waals surface area contributed by atoms with Crippen LogP contribution in [0.15, 0.2) is 19.5 Å². The van der Waals surface area contributed by atoms with Gasteiger partial charge in [-0.3, -0.25) is 0 Å². The van der Waals surface area contributed by atoms with Crippen LogP contribution in [0, 0.1) is 6.92 Å². The van der Waals surface area contributed by atoms with Crippen molar-refractivity contribution in [3.8, 4) is 0 Å². The minimum absolute atomic E-state index is 0.981. The number of nitrogens with zero attached hydrogens (tertiary/aromatic N) is 2. The van der Waals surface area contributed by atoms with E-state index >= 15 is 0 Å². The highest BCUT2D eigenvalue weighted by molar-refractivity contribution is 5.48. The van der Waals surface area contributed by atoms with Gasteiger partial charge in [-0.05, 0) is 13.0 Å². The van der Waals surface area contributed by atoms with Gasteiger partial charge in [-0.25, -0.2) is 4.98 Å². The molecule has 0 bridgehead atoms. The third-order valence-electron chi connectivity index (χ3n) is 1.41. The molecule has 0 N–H and O–H groups in total. The fourth-order valence-electron chi connectivity index (χ4n) is 0.863. The Morgan fingerprint density at radius 1 is 1.60 bits per heavy atom. The van der Waals surface area contributed by atoms with Crippen LogP contribution in [0.25, 0.3) is 12.3 Å². The molecule has 0 fully saturated rings. The maximum absolute atomic E-state index is 4.08. The lowest BCUT2D eigenvalue weighted by molar-refractivity contribution is 1.13. The minimum Gasteiger partial charge on any atom is -0.307 e. The third-order valence-corrected chi connectivity index (χ3v) is 1.41. The number of hydrogen-bond donors (Lipinski definition) is 0. The molecule has 0 saturated carbocycles. The van der Waals surface area contributed by atoms with Gasteiger partial charge in [0.2, 0.25) is 0 Å². The Hall–Kier alpha value is -1.31. The number of aryl methyl sites for hydroxylation is 1. The van der Waals surface area contributed by atoms with Crippen molar-refractivity contribution in [2.24, 2.45) is 0 Å². The van der Waals surface area contributed by atoms with E-state index in [4.69, 9.17) is 0 Å². The second-order valence-corrected chi connectivity index (χ2v) is 2.01. The fourth-order valence-corrected chi connectivity index (χ4v) is 0.863. The molecule has 10 heavy (non-hydrogen) atoms. The molecule has 0 atom stereocenters. The van der Waals surface area contributed by atoms with E-state index in [-0.39, 0.29) is 0 Å². The Morgan fingerprint density at radius 3 is 2.70 bits per heavy atom. The zero-order chi connectivity index (χ0) is 7.56. The molecule has 0 aromatic carbocycles. The van der Waals surface area contributed by atoms with Crippen LogP contribution in [0.5, 0.6) is 0 Å². The standard InChI is InChI=1S/C8H10N2/c1-4-8-7(3)9-6-10(8)5-2/h4-6H,1-2H2,3H3. The summed E-state index contributed by atoms with van der Waals surface area (Å²) in [7, 11) is 0. The van der Waals surface area contributed by atoms with Crippen molar-refractivity contribution in [3.05, 3.63) is 30.9 Å². The van der Waals surface area contributed by atoms with Crippen LogP contribution in [0.1, 0.15) is 11.4 Å².